The Bertz CT molecular complexity index is 800. The molecule has 1 saturated heterocycles. The maximum atomic E-state index is 12.7. The summed E-state index contributed by atoms with van der Waals surface area (Å²) < 4.78 is 38.1. The molecule has 0 saturated carbocycles. The van der Waals surface area contributed by atoms with E-state index in [0.717, 1.165) is 38.1 Å². The predicted molar refractivity (Wildman–Crippen MR) is 95.9 cm³/mol. The number of carbonyl (C=O) groups is 1. The van der Waals surface area contributed by atoms with Crippen LogP contribution in [-0.2, 0) is 11.0 Å². The first-order valence-electron chi connectivity index (χ1n) is 8.59. The van der Waals surface area contributed by atoms with Gasteiger partial charge in [-0.15, -0.1) is 0 Å². The largest absolute Gasteiger partial charge is 0.416 e. The van der Waals surface area contributed by atoms with Gasteiger partial charge < -0.3 is 10.2 Å². The molecule has 0 spiro atoms. The highest BCUT2D eigenvalue weighted by Gasteiger charge is 2.30. The van der Waals surface area contributed by atoms with Gasteiger partial charge in [-0.25, -0.2) is 9.97 Å². The third kappa shape index (κ3) is 5.29. The Morgan fingerprint density at radius 2 is 1.85 bits per heavy atom. The Kier molecular flexibility index (Phi) is 5.73. The number of alkyl halides is 3. The Morgan fingerprint density at radius 3 is 2.52 bits per heavy atom. The standard InChI is InChI=1S/C19H19F3N4O/c20-19(21,22)15-4-1-3-14(13-15)5-6-17(27)25-16-7-11-26(12-8-16)18-23-9-2-10-24-18/h1-6,9-10,13,16H,7-8,11-12H2,(H,25,27)/b6-5+. The third-order valence-corrected chi connectivity index (χ3v) is 4.32. The maximum absolute atomic E-state index is 12.7. The number of anilines is 1. The number of nitrogens with zero attached hydrogens (tertiary/aromatic N) is 3. The van der Waals surface area contributed by atoms with Gasteiger partial charge in [-0.2, -0.15) is 13.2 Å². The minimum atomic E-state index is -4.40. The summed E-state index contributed by atoms with van der Waals surface area (Å²) in [4.78, 5) is 22.5. The van der Waals surface area contributed by atoms with Crippen LogP contribution in [0.4, 0.5) is 19.1 Å². The van der Waals surface area contributed by atoms with Gasteiger partial charge in [0.2, 0.25) is 11.9 Å². The number of rotatable bonds is 4. The number of carbonyl (C=O) groups excluding carboxylic acids is 1. The van der Waals surface area contributed by atoms with Crippen molar-refractivity contribution in [2.75, 3.05) is 18.0 Å². The van der Waals surface area contributed by atoms with E-state index in [2.05, 4.69) is 20.2 Å². The fourth-order valence-corrected chi connectivity index (χ4v) is 2.92. The number of nitrogens with one attached hydrogen (secondary N) is 1. The summed E-state index contributed by atoms with van der Waals surface area (Å²) in [7, 11) is 0. The first-order valence-corrected chi connectivity index (χ1v) is 8.59. The van der Waals surface area contributed by atoms with Gasteiger partial charge in [0.25, 0.3) is 0 Å². The maximum Gasteiger partial charge on any atom is 0.416 e. The molecule has 0 aliphatic carbocycles. The molecule has 5 nitrogen and oxygen atoms in total. The van der Waals surface area contributed by atoms with Gasteiger partial charge >= 0.3 is 6.18 Å². The molecule has 142 valence electrons. The SMILES string of the molecule is O=C(/C=C/c1cccc(C(F)(F)F)c1)NC1CCN(c2ncccn2)CC1. The zero-order chi connectivity index (χ0) is 19.3. The molecule has 0 atom stereocenters. The van der Waals surface area contributed by atoms with Crippen molar-refractivity contribution in [1.29, 1.82) is 0 Å². The summed E-state index contributed by atoms with van der Waals surface area (Å²) in [5.41, 5.74) is -0.406. The van der Waals surface area contributed by atoms with E-state index >= 15 is 0 Å². The summed E-state index contributed by atoms with van der Waals surface area (Å²) in [6.45, 7) is 1.46. The fraction of sp³-hybridized carbons (Fsp3) is 0.316. The monoisotopic (exact) mass is 376 g/mol. The van der Waals surface area contributed by atoms with Crippen molar-refractivity contribution in [2.45, 2.75) is 25.1 Å². The quantitative estimate of drug-likeness (QED) is 0.832. The molecule has 0 unspecified atom stereocenters. The lowest BCUT2D eigenvalue weighted by Crippen LogP contribution is -2.44. The first-order chi connectivity index (χ1) is 12.9. The fourth-order valence-electron chi connectivity index (χ4n) is 2.92. The van der Waals surface area contributed by atoms with E-state index in [1.54, 1.807) is 18.5 Å². The van der Waals surface area contributed by atoms with Crippen molar-refractivity contribution in [3.8, 4) is 0 Å². The lowest BCUT2D eigenvalue weighted by atomic mass is 10.1. The van der Waals surface area contributed by atoms with Crippen LogP contribution < -0.4 is 10.2 Å². The molecule has 8 heteroatoms. The van der Waals surface area contributed by atoms with E-state index in [1.165, 1.54) is 24.3 Å². The Hall–Kier alpha value is -2.90. The molecular formula is C19H19F3N4O. The van der Waals surface area contributed by atoms with Crippen LogP contribution in [0.15, 0.2) is 48.8 Å². The molecular weight excluding hydrogens is 357 g/mol. The predicted octanol–water partition coefficient (Wildman–Crippen LogP) is 3.29. The molecule has 0 bridgehead atoms. The smallest absolute Gasteiger partial charge is 0.350 e. The average Bonchev–Trinajstić information content (AvgIpc) is 2.67. The Morgan fingerprint density at radius 1 is 1.15 bits per heavy atom. The summed E-state index contributed by atoms with van der Waals surface area (Å²) in [5.74, 6) is 0.355. The van der Waals surface area contributed by atoms with E-state index in [9.17, 15) is 18.0 Å². The normalized spacial score (nSPS) is 15.9. The van der Waals surface area contributed by atoms with E-state index < -0.39 is 11.7 Å². The van der Waals surface area contributed by atoms with Crippen molar-refractivity contribution in [3.63, 3.8) is 0 Å². The second kappa shape index (κ2) is 8.20. The topological polar surface area (TPSA) is 58.1 Å². The third-order valence-electron chi connectivity index (χ3n) is 4.32. The molecule has 2 heterocycles. The number of hydrogen-bond acceptors (Lipinski definition) is 4. The van der Waals surface area contributed by atoms with Crippen LogP contribution >= 0.6 is 0 Å². The average molecular weight is 376 g/mol. The highest BCUT2D eigenvalue weighted by molar-refractivity contribution is 5.91. The van der Waals surface area contributed by atoms with Crippen LogP contribution in [0, 0.1) is 0 Å². The minimum Gasteiger partial charge on any atom is -0.350 e. The van der Waals surface area contributed by atoms with Crippen LogP contribution in [-0.4, -0.2) is 35.0 Å². The molecule has 1 aliphatic rings. The van der Waals surface area contributed by atoms with E-state index in [1.807, 2.05) is 0 Å². The molecule has 1 amide bonds. The van der Waals surface area contributed by atoms with Crippen LogP contribution in [0.1, 0.15) is 24.0 Å². The molecule has 1 aromatic carbocycles. The van der Waals surface area contributed by atoms with Crippen LogP contribution in [0.5, 0.6) is 0 Å². The van der Waals surface area contributed by atoms with Crippen molar-refractivity contribution >= 4 is 17.9 Å². The number of benzene rings is 1. The van der Waals surface area contributed by atoms with E-state index in [0.29, 0.717) is 11.5 Å². The zero-order valence-corrected chi connectivity index (χ0v) is 14.5. The number of amides is 1. The molecule has 3 rings (SSSR count). The summed E-state index contributed by atoms with van der Waals surface area (Å²) in [6.07, 6.45) is 3.13. The molecule has 1 N–H and O–H groups in total. The van der Waals surface area contributed by atoms with Crippen LogP contribution in [0.2, 0.25) is 0 Å². The summed E-state index contributed by atoms with van der Waals surface area (Å²) in [6, 6.07) is 6.64. The lowest BCUT2D eigenvalue weighted by molar-refractivity contribution is -0.137. The zero-order valence-electron chi connectivity index (χ0n) is 14.5. The van der Waals surface area contributed by atoms with Crippen molar-refractivity contribution in [3.05, 3.63) is 59.9 Å². The van der Waals surface area contributed by atoms with Gasteiger partial charge in [-0.3, -0.25) is 4.79 Å². The summed E-state index contributed by atoms with van der Waals surface area (Å²) in [5, 5.41) is 2.89. The van der Waals surface area contributed by atoms with Gasteiger partial charge in [0.15, 0.2) is 0 Å². The molecule has 1 aliphatic heterocycles. The Labute approximate surface area is 154 Å². The van der Waals surface area contributed by atoms with Crippen molar-refractivity contribution < 1.29 is 18.0 Å². The number of halogens is 3. The van der Waals surface area contributed by atoms with Gasteiger partial charge in [0, 0.05) is 37.6 Å². The highest BCUT2D eigenvalue weighted by atomic mass is 19.4. The summed E-state index contributed by atoms with van der Waals surface area (Å²) >= 11 is 0. The number of aromatic nitrogens is 2. The highest BCUT2D eigenvalue weighted by Crippen LogP contribution is 2.29. The first kappa shape index (κ1) is 18.9. The second-order valence-electron chi connectivity index (χ2n) is 6.28. The van der Waals surface area contributed by atoms with Gasteiger partial charge in [-0.1, -0.05) is 12.1 Å². The van der Waals surface area contributed by atoms with Gasteiger partial charge in [0.1, 0.15) is 0 Å². The lowest BCUT2D eigenvalue weighted by Gasteiger charge is -2.32. The van der Waals surface area contributed by atoms with Crippen LogP contribution in [0.3, 0.4) is 0 Å². The molecule has 27 heavy (non-hydrogen) atoms. The van der Waals surface area contributed by atoms with Gasteiger partial charge in [0.05, 0.1) is 5.56 Å². The van der Waals surface area contributed by atoms with E-state index in [4.69, 9.17) is 0 Å². The van der Waals surface area contributed by atoms with Crippen molar-refractivity contribution in [2.24, 2.45) is 0 Å². The van der Waals surface area contributed by atoms with Gasteiger partial charge in [-0.05, 0) is 42.7 Å². The second-order valence-corrected chi connectivity index (χ2v) is 6.28. The van der Waals surface area contributed by atoms with Crippen LogP contribution in [0.25, 0.3) is 6.08 Å². The van der Waals surface area contributed by atoms with E-state index in [-0.39, 0.29) is 11.9 Å². The minimum absolute atomic E-state index is 0.0172. The molecule has 1 aromatic heterocycles. The molecule has 0 radical (unpaired) electrons. The Balaban J connectivity index is 1.51. The molecule has 1 fully saturated rings. The number of hydrogen-bond donors (Lipinski definition) is 1. The van der Waals surface area contributed by atoms with Crippen molar-refractivity contribution in [1.82, 2.24) is 15.3 Å². The molecule has 2 aromatic rings. The number of piperidine rings is 1.